The first-order chi connectivity index (χ1) is 14.6. The van der Waals surface area contributed by atoms with Gasteiger partial charge in [-0.25, -0.2) is 0 Å². The number of ketones is 1. The second kappa shape index (κ2) is 14.7. The van der Waals surface area contributed by atoms with Crippen LogP contribution in [0.4, 0.5) is 0 Å². The number of unbranched alkanes of at least 4 members (excludes halogenated alkanes) is 5. The maximum Gasteiger partial charge on any atom is 0.303 e. The molecule has 1 saturated carbocycles. The van der Waals surface area contributed by atoms with Crippen molar-refractivity contribution < 1.29 is 24.2 Å². The van der Waals surface area contributed by atoms with Gasteiger partial charge in [-0.1, -0.05) is 45.1 Å². The van der Waals surface area contributed by atoms with Crippen LogP contribution in [0.25, 0.3) is 0 Å². The number of carbonyl (C=O) groups excluding carboxylic acids is 1. The highest BCUT2D eigenvalue weighted by molar-refractivity contribution is 5.89. The minimum absolute atomic E-state index is 0.0692. The van der Waals surface area contributed by atoms with Gasteiger partial charge in [-0.05, 0) is 69.3 Å². The van der Waals surface area contributed by atoms with Gasteiger partial charge in [-0.2, -0.15) is 0 Å². The lowest BCUT2D eigenvalue weighted by Gasteiger charge is -2.30. The van der Waals surface area contributed by atoms with Crippen molar-refractivity contribution in [3.05, 3.63) is 12.2 Å². The molecule has 2 aliphatic rings. The summed E-state index contributed by atoms with van der Waals surface area (Å²) in [4.78, 5) is 22.8. The Balaban J connectivity index is 1.84. The first kappa shape index (κ1) is 25.1. The van der Waals surface area contributed by atoms with Crippen molar-refractivity contribution in [1.29, 1.82) is 0 Å². The fourth-order valence-electron chi connectivity index (χ4n) is 4.76. The molecule has 172 valence electrons. The summed E-state index contributed by atoms with van der Waals surface area (Å²) in [5.74, 6) is 0.360. The van der Waals surface area contributed by atoms with E-state index in [-0.39, 0.29) is 24.6 Å². The first-order valence-corrected chi connectivity index (χ1v) is 12.3. The maximum absolute atomic E-state index is 12.2. The number of carboxylic acids is 1. The third-order valence-electron chi connectivity index (χ3n) is 6.51. The molecule has 0 spiro atoms. The summed E-state index contributed by atoms with van der Waals surface area (Å²) in [6, 6.07) is 0. The smallest absolute Gasteiger partial charge is 0.303 e. The van der Waals surface area contributed by atoms with Crippen LogP contribution in [0, 0.1) is 11.8 Å². The van der Waals surface area contributed by atoms with Gasteiger partial charge in [-0.15, -0.1) is 0 Å². The maximum atomic E-state index is 12.2. The largest absolute Gasteiger partial charge is 0.481 e. The zero-order chi connectivity index (χ0) is 21.6. The van der Waals surface area contributed by atoms with E-state index >= 15 is 0 Å². The Morgan fingerprint density at radius 1 is 1.00 bits per heavy atom. The number of allylic oxidation sites excluding steroid dienone is 2. The molecule has 2 rings (SSSR count). The van der Waals surface area contributed by atoms with Crippen LogP contribution in [0.2, 0.25) is 0 Å². The molecule has 5 heteroatoms. The number of carboxylic acid groups (broad SMARTS) is 1. The molecule has 0 bridgehead atoms. The van der Waals surface area contributed by atoms with E-state index in [9.17, 15) is 9.59 Å². The second-order valence-corrected chi connectivity index (χ2v) is 9.00. The molecule has 0 amide bonds. The predicted molar refractivity (Wildman–Crippen MR) is 118 cm³/mol. The minimum Gasteiger partial charge on any atom is -0.481 e. The van der Waals surface area contributed by atoms with Gasteiger partial charge >= 0.3 is 5.97 Å². The van der Waals surface area contributed by atoms with Gasteiger partial charge in [0, 0.05) is 19.4 Å². The van der Waals surface area contributed by atoms with E-state index in [1.807, 2.05) is 6.08 Å². The summed E-state index contributed by atoms with van der Waals surface area (Å²) in [6.45, 7) is 2.95. The molecule has 0 aromatic rings. The Hall–Kier alpha value is -1.20. The van der Waals surface area contributed by atoms with Gasteiger partial charge < -0.3 is 14.6 Å². The fraction of sp³-hybridized carbons (Fsp3) is 0.840. The van der Waals surface area contributed by atoms with Crippen LogP contribution < -0.4 is 0 Å². The van der Waals surface area contributed by atoms with Crippen molar-refractivity contribution in [3.8, 4) is 0 Å². The van der Waals surface area contributed by atoms with Crippen molar-refractivity contribution in [3.63, 3.8) is 0 Å². The zero-order valence-corrected chi connectivity index (χ0v) is 18.9. The average molecular weight is 423 g/mol. The molecular formula is C25H42O5. The zero-order valence-electron chi connectivity index (χ0n) is 18.9. The van der Waals surface area contributed by atoms with Crippen molar-refractivity contribution >= 4 is 11.8 Å². The van der Waals surface area contributed by atoms with Gasteiger partial charge in [0.2, 0.25) is 0 Å². The normalized spacial score (nSPS) is 27.0. The Bertz CT molecular complexity index is 524. The molecule has 5 nitrogen and oxygen atoms in total. The van der Waals surface area contributed by atoms with Crippen LogP contribution in [-0.2, 0) is 19.1 Å². The molecule has 1 aliphatic heterocycles. The monoisotopic (exact) mass is 422 g/mol. The van der Waals surface area contributed by atoms with Crippen LogP contribution in [-0.4, -0.2) is 35.9 Å². The number of rotatable bonds is 15. The highest BCUT2D eigenvalue weighted by Gasteiger charge is 2.36. The molecule has 1 N–H and O–H groups in total. The number of ether oxygens (including phenoxy) is 2. The molecule has 1 aliphatic carbocycles. The predicted octanol–water partition coefficient (Wildman–Crippen LogP) is 6.06. The summed E-state index contributed by atoms with van der Waals surface area (Å²) in [6.07, 6.45) is 18.6. The van der Waals surface area contributed by atoms with Crippen molar-refractivity contribution in [2.75, 3.05) is 6.61 Å². The average Bonchev–Trinajstić information content (AvgIpc) is 3.11. The highest BCUT2D eigenvalue weighted by Crippen LogP contribution is 2.40. The van der Waals surface area contributed by atoms with Crippen LogP contribution in [0.1, 0.15) is 103 Å². The highest BCUT2D eigenvalue weighted by atomic mass is 16.7. The lowest BCUT2D eigenvalue weighted by Crippen LogP contribution is -2.31. The molecule has 1 saturated heterocycles. The van der Waals surface area contributed by atoms with Crippen molar-refractivity contribution in [2.24, 2.45) is 11.8 Å². The molecule has 30 heavy (non-hydrogen) atoms. The number of aliphatic carboxylic acids is 1. The van der Waals surface area contributed by atoms with E-state index in [4.69, 9.17) is 14.6 Å². The number of carbonyl (C=O) groups is 2. The van der Waals surface area contributed by atoms with E-state index in [1.54, 1.807) is 0 Å². The summed E-state index contributed by atoms with van der Waals surface area (Å²) in [5.41, 5.74) is 0. The molecule has 0 aromatic heterocycles. The van der Waals surface area contributed by atoms with Crippen LogP contribution >= 0.6 is 0 Å². The van der Waals surface area contributed by atoms with E-state index in [2.05, 4.69) is 13.0 Å². The lowest BCUT2D eigenvalue weighted by molar-refractivity contribution is -0.195. The van der Waals surface area contributed by atoms with Crippen molar-refractivity contribution in [1.82, 2.24) is 0 Å². The third-order valence-corrected chi connectivity index (χ3v) is 6.51. The Morgan fingerprint density at radius 2 is 1.80 bits per heavy atom. The van der Waals surface area contributed by atoms with E-state index in [0.717, 1.165) is 83.7 Å². The van der Waals surface area contributed by atoms with Gasteiger partial charge in [0.1, 0.15) is 0 Å². The van der Waals surface area contributed by atoms with E-state index < -0.39 is 5.97 Å². The molecule has 0 aromatic carbocycles. The van der Waals surface area contributed by atoms with E-state index in [1.165, 1.54) is 6.42 Å². The summed E-state index contributed by atoms with van der Waals surface area (Å²) in [5, 5.41) is 8.78. The summed E-state index contributed by atoms with van der Waals surface area (Å²) in [7, 11) is 0. The Kier molecular flexibility index (Phi) is 12.3. The molecule has 2 fully saturated rings. The molecule has 0 radical (unpaired) electrons. The molecule has 4 atom stereocenters. The van der Waals surface area contributed by atoms with Gasteiger partial charge in [-0.3, -0.25) is 9.59 Å². The third kappa shape index (κ3) is 9.74. The van der Waals surface area contributed by atoms with Gasteiger partial charge in [0.05, 0.1) is 6.10 Å². The standard InChI is InChI=1S/C25H42O5/c1-2-3-6-11-21(26)17-15-20-16-18-23(30-25-14-9-10-19-29-25)22(20)12-7-4-5-8-13-24(27)28/h15,17,20,22-23,25H,2-14,16,18-19H2,1H3,(H,27,28)/t20-,22+,23?,25?/m0/s1. The van der Waals surface area contributed by atoms with Crippen molar-refractivity contribution in [2.45, 2.75) is 116 Å². The first-order valence-electron chi connectivity index (χ1n) is 12.3. The van der Waals surface area contributed by atoms with Gasteiger partial charge in [0.15, 0.2) is 12.1 Å². The van der Waals surface area contributed by atoms with Crippen LogP contribution in [0.15, 0.2) is 12.2 Å². The van der Waals surface area contributed by atoms with Crippen LogP contribution in [0.3, 0.4) is 0 Å². The summed E-state index contributed by atoms with van der Waals surface area (Å²) >= 11 is 0. The topological polar surface area (TPSA) is 72.8 Å². The van der Waals surface area contributed by atoms with E-state index in [0.29, 0.717) is 18.3 Å². The summed E-state index contributed by atoms with van der Waals surface area (Å²) < 4.78 is 12.2. The minimum atomic E-state index is -0.708. The Morgan fingerprint density at radius 3 is 2.53 bits per heavy atom. The Labute approximate surface area is 182 Å². The lowest BCUT2D eigenvalue weighted by atomic mass is 9.88. The number of hydrogen-bond donors (Lipinski definition) is 1. The molecular weight excluding hydrogens is 380 g/mol. The SMILES string of the molecule is CCCCCC(=O)C=C[C@H]1CCC(OC2CCCCO2)[C@@H]1CCCCCCC(=O)O. The molecule has 2 unspecified atom stereocenters. The molecule has 1 heterocycles. The second-order valence-electron chi connectivity index (χ2n) is 9.00. The number of hydrogen-bond acceptors (Lipinski definition) is 4. The van der Waals surface area contributed by atoms with Crippen LogP contribution in [0.5, 0.6) is 0 Å². The fourth-order valence-corrected chi connectivity index (χ4v) is 4.76. The quantitative estimate of drug-likeness (QED) is 0.257. The van der Waals surface area contributed by atoms with Gasteiger partial charge in [0.25, 0.3) is 0 Å².